The van der Waals surface area contributed by atoms with E-state index in [1.807, 2.05) is 6.92 Å². The topological polar surface area (TPSA) is 75.1 Å². The Bertz CT molecular complexity index is 456. The van der Waals surface area contributed by atoms with Crippen LogP contribution in [0.2, 0.25) is 0 Å². The highest BCUT2D eigenvalue weighted by Gasteiger charge is 2.09. The Balaban J connectivity index is 3.06. The highest BCUT2D eigenvalue weighted by atomic mass is 32.2. The lowest BCUT2D eigenvalue weighted by Crippen LogP contribution is -2.02. The van der Waals surface area contributed by atoms with Gasteiger partial charge < -0.3 is 4.74 Å². The molecule has 0 amide bonds. The van der Waals surface area contributed by atoms with Gasteiger partial charge in [-0.1, -0.05) is 18.1 Å². The Morgan fingerprint density at radius 1 is 1.59 bits per heavy atom. The van der Waals surface area contributed by atoms with Crippen molar-refractivity contribution in [1.82, 2.24) is 0 Å². The number of thioether (sulfide) groups is 1. The summed E-state index contributed by atoms with van der Waals surface area (Å²) >= 11 is 1.60. The highest BCUT2D eigenvalue weighted by Crippen LogP contribution is 2.25. The molecular formula is C11H13N3O2S. The first-order chi connectivity index (χ1) is 8.22. The molecule has 0 bridgehead atoms. The summed E-state index contributed by atoms with van der Waals surface area (Å²) < 4.78 is 4.66. The van der Waals surface area contributed by atoms with E-state index in [9.17, 15) is 4.79 Å². The maximum atomic E-state index is 11.4. The van der Waals surface area contributed by atoms with Gasteiger partial charge in [0.2, 0.25) is 0 Å². The predicted octanol–water partition coefficient (Wildman–Crippen LogP) is 3.40. The second kappa shape index (κ2) is 6.83. The zero-order valence-electron chi connectivity index (χ0n) is 9.71. The summed E-state index contributed by atoms with van der Waals surface area (Å²) in [5, 5.41) is 3.53. The van der Waals surface area contributed by atoms with Gasteiger partial charge in [-0.15, -0.1) is 11.8 Å². The molecule has 1 aromatic rings. The Kier molecular flexibility index (Phi) is 5.39. The average Bonchev–Trinajstić information content (AvgIpc) is 2.36. The first kappa shape index (κ1) is 13.4. The van der Waals surface area contributed by atoms with Gasteiger partial charge in [0.25, 0.3) is 0 Å². The molecule has 0 aliphatic heterocycles. The minimum atomic E-state index is -0.363. The fourth-order valence-corrected chi connectivity index (χ4v) is 2.17. The van der Waals surface area contributed by atoms with Crippen molar-refractivity contribution in [2.75, 3.05) is 12.9 Å². The first-order valence-electron chi connectivity index (χ1n) is 5.07. The van der Waals surface area contributed by atoms with Crippen molar-refractivity contribution in [1.29, 1.82) is 0 Å². The van der Waals surface area contributed by atoms with Crippen molar-refractivity contribution in [2.45, 2.75) is 18.4 Å². The lowest BCUT2D eigenvalue weighted by atomic mass is 10.1. The van der Waals surface area contributed by atoms with E-state index in [-0.39, 0.29) is 5.97 Å². The number of carbonyl (C=O) groups is 1. The van der Waals surface area contributed by atoms with E-state index in [1.54, 1.807) is 30.0 Å². The molecule has 17 heavy (non-hydrogen) atoms. The lowest BCUT2D eigenvalue weighted by Gasteiger charge is -2.08. The van der Waals surface area contributed by atoms with E-state index < -0.39 is 0 Å². The average molecular weight is 251 g/mol. The third-order valence-electron chi connectivity index (χ3n) is 2.09. The number of ether oxygens (including phenoxy) is 1. The summed E-state index contributed by atoms with van der Waals surface area (Å²) in [5.74, 6) is 0.520. The Hall–Kier alpha value is -1.65. The summed E-state index contributed by atoms with van der Waals surface area (Å²) in [6.07, 6.45) is 0. The number of carbonyl (C=O) groups excluding carboxylic acids is 1. The number of methoxy groups -OCH3 is 1. The van der Waals surface area contributed by atoms with Crippen LogP contribution in [0.15, 0.2) is 28.2 Å². The van der Waals surface area contributed by atoms with Crippen LogP contribution >= 0.6 is 11.8 Å². The molecule has 0 fully saturated rings. The van der Waals surface area contributed by atoms with E-state index in [1.165, 1.54) is 7.11 Å². The van der Waals surface area contributed by atoms with Gasteiger partial charge in [-0.25, -0.2) is 4.79 Å². The van der Waals surface area contributed by atoms with Crippen LogP contribution in [0.5, 0.6) is 0 Å². The molecule has 0 saturated heterocycles. The molecule has 90 valence electrons. The maximum absolute atomic E-state index is 11.4. The molecule has 1 aromatic carbocycles. The molecule has 0 radical (unpaired) electrons. The predicted molar refractivity (Wildman–Crippen MR) is 67.0 cm³/mol. The summed E-state index contributed by atoms with van der Waals surface area (Å²) in [5.41, 5.74) is 9.73. The van der Waals surface area contributed by atoms with Crippen LogP contribution in [0, 0.1) is 0 Å². The first-order valence-corrected chi connectivity index (χ1v) is 6.06. The van der Waals surface area contributed by atoms with E-state index >= 15 is 0 Å². The van der Waals surface area contributed by atoms with Gasteiger partial charge in [-0.2, -0.15) is 0 Å². The van der Waals surface area contributed by atoms with E-state index in [2.05, 4.69) is 14.8 Å². The summed E-state index contributed by atoms with van der Waals surface area (Å²) in [6.45, 7) is 2.31. The number of esters is 1. The SMILES string of the molecule is CCSc1cc(C(=O)OC)ccc1CN=[N+]=[N-]. The summed E-state index contributed by atoms with van der Waals surface area (Å²) in [6, 6.07) is 5.23. The van der Waals surface area contributed by atoms with Gasteiger partial charge in [0.1, 0.15) is 0 Å². The van der Waals surface area contributed by atoms with Gasteiger partial charge in [0, 0.05) is 9.81 Å². The highest BCUT2D eigenvalue weighted by molar-refractivity contribution is 7.99. The third-order valence-corrected chi connectivity index (χ3v) is 3.07. The zero-order valence-corrected chi connectivity index (χ0v) is 10.5. The zero-order chi connectivity index (χ0) is 12.7. The monoisotopic (exact) mass is 251 g/mol. The molecule has 0 saturated carbocycles. The fraction of sp³-hybridized carbons (Fsp3) is 0.364. The standard InChI is InChI=1S/C11H13N3O2S/c1-3-17-10-6-8(11(15)16-2)4-5-9(10)7-13-14-12/h4-6H,3,7H2,1-2H3. The molecule has 0 heterocycles. The number of nitrogens with zero attached hydrogens (tertiary/aromatic N) is 3. The number of benzene rings is 1. The smallest absolute Gasteiger partial charge is 0.337 e. The molecule has 0 aliphatic rings. The fourth-order valence-electron chi connectivity index (χ4n) is 1.33. The second-order valence-corrected chi connectivity index (χ2v) is 4.44. The van der Waals surface area contributed by atoms with Crippen LogP contribution in [-0.4, -0.2) is 18.8 Å². The Morgan fingerprint density at radius 3 is 2.94 bits per heavy atom. The molecule has 0 aliphatic carbocycles. The maximum Gasteiger partial charge on any atom is 0.337 e. The van der Waals surface area contributed by atoms with Crippen molar-refractivity contribution in [3.63, 3.8) is 0 Å². The minimum Gasteiger partial charge on any atom is -0.465 e. The molecule has 0 atom stereocenters. The molecule has 0 N–H and O–H groups in total. The van der Waals surface area contributed by atoms with Crippen molar-refractivity contribution >= 4 is 17.7 Å². The Morgan fingerprint density at radius 2 is 2.35 bits per heavy atom. The lowest BCUT2D eigenvalue weighted by molar-refractivity contribution is 0.0600. The molecule has 5 nitrogen and oxygen atoms in total. The minimum absolute atomic E-state index is 0.292. The Labute approximate surface area is 104 Å². The molecule has 0 aromatic heterocycles. The molecule has 0 spiro atoms. The van der Waals surface area contributed by atoms with E-state index in [0.29, 0.717) is 12.1 Å². The molecule has 0 unspecified atom stereocenters. The number of rotatable bonds is 5. The van der Waals surface area contributed by atoms with E-state index in [4.69, 9.17) is 5.53 Å². The van der Waals surface area contributed by atoms with Crippen molar-refractivity contribution < 1.29 is 9.53 Å². The summed E-state index contributed by atoms with van der Waals surface area (Å²) in [4.78, 5) is 15.1. The normalized spacial score (nSPS) is 9.53. The van der Waals surface area contributed by atoms with Crippen LogP contribution in [0.4, 0.5) is 0 Å². The van der Waals surface area contributed by atoms with Crippen molar-refractivity contribution in [2.24, 2.45) is 5.11 Å². The molecule has 6 heteroatoms. The van der Waals surface area contributed by atoms with Gasteiger partial charge in [0.05, 0.1) is 19.2 Å². The second-order valence-electron chi connectivity index (χ2n) is 3.14. The number of azide groups is 1. The van der Waals surface area contributed by atoms with Crippen LogP contribution < -0.4 is 0 Å². The van der Waals surface area contributed by atoms with Gasteiger partial charge in [0.15, 0.2) is 0 Å². The van der Waals surface area contributed by atoms with Crippen LogP contribution in [-0.2, 0) is 11.3 Å². The van der Waals surface area contributed by atoms with Crippen LogP contribution in [0.3, 0.4) is 0 Å². The third kappa shape index (κ3) is 3.69. The van der Waals surface area contributed by atoms with Gasteiger partial charge in [-0.05, 0) is 29.0 Å². The van der Waals surface area contributed by atoms with Crippen LogP contribution in [0.1, 0.15) is 22.8 Å². The quantitative estimate of drug-likeness (QED) is 0.264. The van der Waals surface area contributed by atoms with Gasteiger partial charge >= 0.3 is 5.97 Å². The molecule has 1 rings (SSSR count). The summed E-state index contributed by atoms with van der Waals surface area (Å²) in [7, 11) is 1.35. The molecular weight excluding hydrogens is 238 g/mol. The number of hydrogen-bond donors (Lipinski definition) is 0. The van der Waals surface area contributed by atoms with E-state index in [0.717, 1.165) is 16.2 Å². The van der Waals surface area contributed by atoms with Crippen molar-refractivity contribution in [3.8, 4) is 0 Å². The van der Waals surface area contributed by atoms with Crippen LogP contribution in [0.25, 0.3) is 10.4 Å². The number of hydrogen-bond acceptors (Lipinski definition) is 4. The van der Waals surface area contributed by atoms with Gasteiger partial charge in [-0.3, -0.25) is 0 Å². The van der Waals surface area contributed by atoms with Crippen molar-refractivity contribution in [3.05, 3.63) is 39.8 Å². The largest absolute Gasteiger partial charge is 0.465 e.